The lowest BCUT2D eigenvalue weighted by Crippen LogP contribution is -2.47. The summed E-state index contributed by atoms with van der Waals surface area (Å²) in [5.74, 6) is 0.495. The van der Waals surface area contributed by atoms with E-state index in [0.29, 0.717) is 18.5 Å². The molecule has 0 saturated carbocycles. The molecule has 0 aromatic heterocycles. The predicted octanol–water partition coefficient (Wildman–Crippen LogP) is 2.97. The topological polar surface area (TPSA) is 58.2 Å². The van der Waals surface area contributed by atoms with Crippen LogP contribution in [0.5, 0.6) is 0 Å². The molecule has 23 heavy (non-hydrogen) atoms. The smallest absolute Gasteiger partial charge is 0.251 e. The van der Waals surface area contributed by atoms with Gasteiger partial charge in [-0.1, -0.05) is 32.9 Å². The van der Waals surface area contributed by atoms with Crippen LogP contribution in [0.2, 0.25) is 0 Å². The molecule has 4 nitrogen and oxygen atoms in total. The molecule has 0 aliphatic rings. The van der Waals surface area contributed by atoms with Gasteiger partial charge in [-0.2, -0.15) is 11.8 Å². The summed E-state index contributed by atoms with van der Waals surface area (Å²) in [6, 6.07) is 7.09. The normalized spacial score (nSPS) is 12.6. The van der Waals surface area contributed by atoms with E-state index in [1.54, 1.807) is 11.8 Å². The fourth-order valence-corrected chi connectivity index (χ4v) is 2.64. The van der Waals surface area contributed by atoms with Crippen molar-refractivity contribution >= 4 is 23.6 Å². The Morgan fingerprint density at radius 3 is 2.26 bits per heavy atom. The van der Waals surface area contributed by atoms with Gasteiger partial charge in [0.05, 0.1) is 0 Å². The van der Waals surface area contributed by atoms with Crippen LogP contribution in [0.4, 0.5) is 0 Å². The number of rotatable bonds is 7. The first-order chi connectivity index (χ1) is 10.8. The van der Waals surface area contributed by atoms with E-state index in [1.807, 2.05) is 37.4 Å². The van der Waals surface area contributed by atoms with Gasteiger partial charge in [0.15, 0.2) is 0 Å². The Morgan fingerprint density at radius 2 is 1.78 bits per heavy atom. The molecule has 5 heteroatoms. The molecule has 2 amide bonds. The molecule has 2 N–H and O–H groups in total. The number of amides is 2. The maximum Gasteiger partial charge on any atom is 0.251 e. The average Bonchev–Trinajstić information content (AvgIpc) is 2.50. The summed E-state index contributed by atoms with van der Waals surface area (Å²) in [5.41, 5.74) is 1.81. The van der Waals surface area contributed by atoms with Crippen LogP contribution >= 0.6 is 11.8 Å². The van der Waals surface area contributed by atoms with E-state index >= 15 is 0 Å². The standard InChI is InChI=1S/C18H28N2O2S/c1-6-19-17(22)15(11-12-23-5)20-16(21)13-7-9-14(10-8-13)18(2,3)4/h7-10,15H,6,11-12H2,1-5H3,(H,19,22)(H,20,21)/t15-/m0/s1. The quantitative estimate of drug-likeness (QED) is 0.805. The second-order valence-corrected chi connectivity index (χ2v) is 7.52. The van der Waals surface area contributed by atoms with Crippen molar-refractivity contribution in [3.8, 4) is 0 Å². The van der Waals surface area contributed by atoms with Gasteiger partial charge in [-0.3, -0.25) is 9.59 Å². The zero-order chi connectivity index (χ0) is 17.5. The van der Waals surface area contributed by atoms with Crippen molar-refractivity contribution in [2.45, 2.75) is 45.6 Å². The van der Waals surface area contributed by atoms with Crippen LogP contribution in [0.15, 0.2) is 24.3 Å². The van der Waals surface area contributed by atoms with Crippen molar-refractivity contribution in [3.63, 3.8) is 0 Å². The van der Waals surface area contributed by atoms with Crippen LogP contribution in [-0.4, -0.2) is 36.4 Å². The fourth-order valence-electron chi connectivity index (χ4n) is 2.17. The van der Waals surface area contributed by atoms with E-state index in [2.05, 4.69) is 31.4 Å². The SMILES string of the molecule is CCNC(=O)[C@H](CCSC)NC(=O)c1ccc(C(C)(C)C)cc1. The van der Waals surface area contributed by atoms with Gasteiger partial charge in [-0.15, -0.1) is 0 Å². The van der Waals surface area contributed by atoms with Crippen molar-refractivity contribution in [2.24, 2.45) is 0 Å². The van der Waals surface area contributed by atoms with Crippen molar-refractivity contribution < 1.29 is 9.59 Å². The average molecular weight is 337 g/mol. The highest BCUT2D eigenvalue weighted by atomic mass is 32.2. The molecule has 0 spiro atoms. The van der Waals surface area contributed by atoms with Crippen LogP contribution in [0.3, 0.4) is 0 Å². The maximum atomic E-state index is 12.4. The first kappa shape index (κ1) is 19.6. The first-order valence-corrected chi connectivity index (χ1v) is 9.37. The van der Waals surface area contributed by atoms with Crippen molar-refractivity contribution in [1.82, 2.24) is 10.6 Å². The minimum atomic E-state index is -0.489. The molecule has 1 atom stereocenters. The van der Waals surface area contributed by atoms with Gasteiger partial charge in [-0.25, -0.2) is 0 Å². The maximum absolute atomic E-state index is 12.4. The van der Waals surface area contributed by atoms with Gasteiger partial charge < -0.3 is 10.6 Å². The van der Waals surface area contributed by atoms with Crippen LogP contribution in [0.25, 0.3) is 0 Å². The van der Waals surface area contributed by atoms with E-state index in [1.165, 1.54) is 5.56 Å². The zero-order valence-electron chi connectivity index (χ0n) is 14.7. The van der Waals surface area contributed by atoms with E-state index in [4.69, 9.17) is 0 Å². The monoisotopic (exact) mass is 336 g/mol. The molecule has 0 aliphatic heterocycles. The van der Waals surface area contributed by atoms with Gasteiger partial charge in [0.25, 0.3) is 5.91 Å². The minimum Gasteiger partial charge on any atom is -0.355 e. The molecule has 128 valence electrons. The molecule has 0 unspecified atom stereocenters. The van der Waals surface area contributed by atoms with Crippen LogP contribution < -0.4 is 10.6 Å². The highest BCUT2D eigenvalue weighted by molar-refractivity contribution is 7.98. The Bertz CT molecular complexity index is 521. The summed E-state index contributed by atoms with van der Waals surface area (Å²) in [6.45, 7) is 8.84. The lowest BCUT2D eigenvalue weighted by Gasteiger charge is -2.20. The first-order valence-electron chi connectivity index (χ1n) is 7.97. The summed E-state index contributed by atoms with van der Waals surface area (Å²) in [7, 11) is 0. The van der Waals surface area contributed by atoms with Gasteiger partial charge in [0, 0.05) is 12.1 Å². The van der Waals surface area contributed by atoms with Crippen molar-refractivity contribution in [2.75, 3.05) is 18.6 Å². The van der Waals surface area contributed by atoms with Crippen LogP contribution in [0, 0.1) is 0 Å². The Morgan fingerprint density at radius 1 is 1.17 bits per heavy atom. The summed E-state index contributed by atoms with van der Waals surface area (Å²) >= 11 is 1.66. The third kappa shape index (κ3) is 6.26. The van der Waals surface area contributed by atoms with Gasteiger partial charge in [0.1, 0.15) is 6.04 Å². The molecular weight excluding hydrogens is 308 g/mol. The summed E-state index contributed by atoms with van der Waals surface area (Å²) in [5, 5.41) is 5.62. The molecule has 0 bridgehead atoms. The number of carbonyl (C=O) groups excluding carboxylic acids is 2. The van der Waals surface area contributed by atoms with Crippen LogP contribution in [0.1, 0.15) is 50.0 Å². The summed E-state index contributed by atoms with van der Waals surface area (Å²) in [6.07, 6.45) is 2.61. The number of carbonyl (C=O) groups is 2. The summed E-state index contributed by atoms with van der Waals surface area (Å²) in [4.78, 5) is 24.5. The fraction of sp³-hybridized carbons (Fsp3) is 0.556. The molecule has 1 rings (SSSR count). The number of hydrogen-bond donors (Lipinski definition) is 2. The Hall–Kier alpha value is -1.49. The highest BCUT2D eigenvalue weighted by Crippen LogP contribution is 2.22. The number of benzene rings is 1. The number of likely N-dealkylation sites (N-methyl/N-ethyl adjacent to an activating group) is 1. The third-order valence-corrected chi connectivity index (χ3v) is 4.24. The highest BCUT2D eigenvalue weighted by Gasteiger charge is 2.21. The van der Waals surface area contributed by atoms with E-state index in [-0.39, 0.29) is 17.2 Å². The molecule has 0 heterocycles. The van der Waals surface area contributed by atoms with Gasteiger partial charge >= 0.3 is 0 Å². The third-order valence-electron chi connectivity index (χ3n) is 3.60. The molecule has 1 aromatic rings. The molecule has 1 aromatic carbocycles. The second-order valence-electron chi connectivity index (χ2n) is 6.53. The molecule has 0 aliphatic carbocycles. The second kappa shape index (κ2) is 8.96. The number of nitrogens with one attached hydrogen (secondary N) is 2. The summed E-state index contributed by atoms with van der Waals surface area (Å²) < 4.78 is 0. The zero-order valence-corrected chi connectivity index (χ0v) is 15.5. The number of hydrogen-bond acceptors (Lipinski definition) is 3. The lowest BCUT2D eigenvalue weighted by atomic mass is 9.86. The largest absolute Gasteiger partial charge is 0.355 e. The Balaban J connectivity index is 2.79. The molecule has 0 saturated heterocycles. The lowest BCUT2D eigenvalue weighted by molar-refractivity contribution is -0.122. The van der Waals surface area contributed by atoms with E-state index < -0.39 is 6.04 Å². The van der Waals surface area contributed by atoms with Crippen molar-refractivity contribution in [1.29, 1.82) is 0 Å². The minimum absolute atomic E-state index is 0.0525. The van der Waals surface area contributed by atoms with Gasteiger partial charge in [0.2, 0.25) is 5.91 Å². The Kier molecular flexibility index (Phi) is 7.62. The Labute approximate surface area is 143 Å². The van der Waals surface area contributed by atoms with Crippen LogP contribution in [-0.2, 0) is 10.2 Å². The predicted molar refractivity (Wildman–Crippen MR) is 98.1 cm³/mol. The van der Waals surface area contributed by atoms with E-state index in [9.17, 15) is 9.59 Å². The van der Waals surface area contributed by atoms with E-state index in [0.717, 1.165) is 5.75 Å². The van der Waals surface area contributed by atoms with Crippen molar-refractivity contribution in [3.05, 3.63) is 35.4 Å². The molecule has 0 radical (unpaired) electrons. The number of thioether (sulfide) groups is 1. The van der Waals surface area contributed by atoms with Gasteiger partial charge in [-0.05, 0) is 48.5 Å². The molecule has 0 fully saturated rings. The molecular formula is C18H28N2O2S.